The minimum absolute atomic E-state index is 0.171. The standard InChI is InChI=1S/C24H25IO4S/c1-14-2-3-16(24-23(28)21(27)12-19(13-26)29-24)10-17(14)11-20-8-9-22(30-20)15-4-6-18(25)7-5-15/h2-10,19,21,23-24,26-28H,11-13H2,1H3. The van der Waals surface area contributed by atoms with Crippen molar-refractivity contribution >= 4 is 33.9 Å². The number of hydrogen-bond acceptors (Lipinski definition) is 5. The number of halogens is 1. The van der Waals surface area contributed by atoms with E-state index in [0.717, 1.165) is 12.0 Å². The fraction of sp³-hybridized carbons (Fsp3) is 0.333. The summed E-state index contributed by atoms with van der Waals surface area (Å²) in [5.74, 6) is 0. The van der Waals surface area contributed by atoms with Gasteiger partial charge in [-0.2, -0.15) is 0 Å². The van der Waals surface area contributed by atoms with Crippen molar-refractivity contribution in [2.24, 2.45) is 0 Å². The van der Waals surface area contributed by atoms with Crippen LogP contribution in [0.25, 0.3) is 10.4 Å². The van der Waals surface area contributed by atoms with E-state index in [1.165, 1.54) is 30.0 Å². The van der Waals surface area contributed by atoms with Gasteiger partial charge in [-0.05, 0) is 76.0 Å². The van der Waals surface area contributed by atoms with Gasteiger partial charge in [-0.3, -0.25) is 0 Å². The van der Waals surface area contributed by atoms with E-state index >= 15 is 0 Å². The second-order valence-electron chi connectivity index (χ2n) is 7.79. The van der Waals surface area contributed by atoms with E-state index in [1.807, 2.05) is 12.1 Å². The normalized spacial score (nSPS) is 24.2. The molecule has 0 amide bonds. The predicted molar refractivity (Wildman–Crippen MR) is 128 cm³/mol. The molecule has 0 aliphatic carbocycles. The van der Waals surface area contributed by atoms with Crippen molar-refractivity contribution in [3.8, 4) is 10.4 Å². The third kappa shape index (κ3) is 4.79. The smallest absolute Gasteiger partial charge is 0.111 e. The van der Waals surface area contributed by atoms with E-state index in [1.54, 1.807) is 11.3 Å². The summed E-state index contributed by atoms with van der Waals surface area (Å²) in [7, 11) is 0. The first-order valence-corrected chi connectivity index (χ1v) is 11.9. The van der Waals surface area contributed by atoms with Crippen molar-refractivity contribution in [2.45, 2.75) is 44.2 Å². The van der Waals surface area contributed by atoms with E-state index in [9.17, 15) is 15.3 Å². The minimum Gasteiger partial charge on any atom is -0.394 e. The highest BCUT2D eigenvalue weighted by molar-refractivity contribution is 14.1. The van der Waals surface area contributed by atoms with Gasteiger partial charge in [0.1, 0.15) is 12.2 Å². The molecule has 0 bridgehead atoms. The van der Waals surface area contributed by atoms with E-state index in [-0.39, 0.29) is 13.0 Å². The molecule has 1 aromatic heterocycles. The molecule has 30 heavy (non-hydrogen) atoms. The van der Waals surface area contributed by atoms with Gasteiger partial charge in [-0.25, -0.2) is 0 Å². The van der Waals surface area contributed by atoms with Crippen molar-refractivity contribution in [3.05, 3.63) is 79.7 Å². The lowest BCUT2D eigenvalue weighted by molar-refractivity contribution is -0.179. The van der Waals surface area contributed by atoms with Crippen LogP contribution >= 0.6 is 33.9 Å². The quantitative estimate of drug-likeness (QED) is 0.422. The molecule has 2 heterocycles. The molecule has 1 saturated heterocycles. The Labute approximate surface area is 194 Å². The SMILES string of the molecule is Cc1ccc(C2OC(CO)CC(O)C2O)cc1Cc1ccc(-c2ccc(I)cc2)s1. The largest absolute Gasteiger partial charge is 0.394 e. The summed E-state index contributed by atoms with van der Waals surface area (Å²) < 4.78 is 7.09. The van der Waals surface area contributed by atoms with Crippen molar-refractivity contribution in [3.63, 3.8) is 0 Å². The second kappa shape index (κ2) is 9.46. The first-order valence-electron chi connectivity index (χ1n) is 10.0. The molecule has 2 aromatic carbocycles. The maximum Gasteiger partial charge on any atom is 0.111 e. The zero-order valence-electron chi connectivity index (χ0n) is 16.7. The molecule has 1 fully saturated rings. The number of aliphatic hydroxyl groups excluding tert-OH is 3. The van der Waals surface area contributed by atoms with Gasteiger partial charge in [-0.15, -0.1) is 11.3 Å². The van der Waals surface area contributed by atoms with E-state index in [0.29, 0.717) is 0 Å². The Hall–Kier alpha value is -1.29. The van der Waals surface area contributed by atoms with Crippen LogP contribution in [0, 0.1) is 10.5 Å². The molecule has 4 atom stereocenters. The molecule has 4 rings (SSSR count). The van der Waals surface area contributed by atoms with Crippen LogP contribution in [0.15, 0.2) is 54.6 Å². The fourth-order valence-corrected chi connectivity index (χ4v) is 5.23. The Kier molecular flexibility index (Phi) is 6.91. The van der Waals surface area contributed by atoms with Crippen LogP contribution in [0.5, 0.6) is 0 Å². The van der Waals surface area contributed by atoms with Crippen LogP contribution in [-0.2, 0) is 11.2 Å². The maximum absolute atomic E-state index is 10.4. The zero-order valence-corrected chi connectivity index (χ0v) is 19.6. The highest BCUT2D eigenvalue weighted by atomic mass is 127. The van der Waals surface area contributed by atoms with E-state index < -0.39 is 24.4 Å². The number of hydrogen-bond donors (Lipinski definition) is 3. The van der Waals surface area contributed by atoms with Crippen LogP contribution in [0.4, 0.5) is 0 Å². The third-order valence-electron chi connectivity index (χ3n) is 5.61. The molecule has 3 N–H and O–H groups in total. The van der Waals surface area contributed by atoms with Crippen molar-refractivity contribution in [1.29, 1.82) is 0 Å². The maximum atomic E-state index is 10.4. The van der Waals surface area contributed by atoms with Gasteiger partial charge < -0.3 is 20.1 Å². The van der Waals surface area contributed by atoms with Gasteiger partial charge in [0.25, 0.3) is 0 Å². The molecule has 1 aliphatic heterocycles. The number of aryl methyl sites for hydroxylation is 1. The highest BCUT2D eigenvalue weighted by Crippen LogP contribution is 2.34. The minimum atomic E-state index is -1.00. The molecule has 158 valence electrons. The molecule has 0 saturated carbocycles. The molecule has 4 nitrogen and oxygen atoms in total. The van der Waals surface area contributed by atoms with Gasteiger partial charge in [-0.1, -0.05) is 30.3 Å². The van der Waals surface area contributed by atoms with Crippen molar-refractivity contribution in [2.75, 3.05) is 6.61 Å². The number of benzene rings is 2. The van der Waals surface area contributed by atoms with Crippen molar-refractivity contribution < 1.29 is 20.1 Å². The van der Waals surface area contributed by atoms with Crippen LogP contribution < -0.4 is 0 Å². The Balaban J connectivity index is 1.56. The lowest BCUT2D eigenvalue weighted by atomic mass is 9.91. The first kappa shape index (κ1) is 21.9. The molecular formula is C24H25IO4S. The Morgan fingerprint density at radius 2 is 1.83 bits per heavy atom. The van der Waals surface area contributed by atoms with E-state index in [4.69, 9.17) is 4.74 Å². The second-order valence-corrected chi connectivity index (χ2v) is 10.2. The topological polar surface area (TPSA) is 69.9 Å². The fourth-order valence-electron chi connectivity index (χ4n) is 3.84. The van der Waals surface area contributed by atoms with Crippen LogP contribution in [0.2, 0.25) is 0 Å². The molecule has 0 spiro atoms. The highest BCUT2D eigenvalue weighted by Gasteiger charge is 2.37. The monoisotopic (exact) mass is 536 g/mol. The summed E-state index contributed by atoms with van der Waals surface area (Å²) >= 11 is 4.10. The molecule has 4 unspecified atom stereocenters. The van der Waals surface area contributed by atoms with E-state index in [2.05, 4.69) is 72.0 Å². The molecule has 1 aliphatic rings. The molecule has 6 heteroatoms. The average Bonchev–Trinajstić information content (AvgIpc) is 3.20. The summed E-state index contributed by atoms with van der Waals surface area (Å²) in [6.07, 6.45) is -1.98. The molecule has 3 aromatic rings. The van der Waals surface area contributed by atoms with Crippen molar-refractivity contribution in [1.82, 2.24) is 0 Å². The van der Waals surface area contributed by atoms with Crippen LogP contribution in [0.3, 0.4) is 0 Å². The summed E-state index contributed by atoms with van der Waals surface area (Å²) in [5, 5.41) is 30.1. The number of thiophene rings is 1. The Morgan fingerprint density at radius 1 is 1.07 bits per heavy atom. The average molecular weight is 536 g/mol. The van der Waals surface area contributed by atoms with Gasteiger partial charge in [0, 0.05) is 26.2 Å². The predicted octanol–water partition coefficient (Wildman–Crippen LogP) is 4.46. The van der Waals surface area contributed by atoms with Gasteiger partial charge in [0.05, 0.1) is 18.8 Å². The molecule has 0 radical (unpaired) electrons. The van der Waals surface area contributed by atoms with Gasteiger partial charge >= 0.3 is 0 Å². The van der Waals surface area contributed by atoms with Gasteiger partial charge in [0.2, 0.25) is 0 Å². The van der Waals surface area contributed by atoms with Crippen LogP contribution in [0.1, 0.15) is 34.1 Å². The first-order chi connectivity index (χ1) is 14.4. The number of aliphatic hydroxyl groups is 3. The third-order valence-corrected chi connectivity index (χ3v) is 7.46. The zero-order chi connectivity index (χ0) is 21.3. The Morgan fingerprint density at radius 3 is 2.57 bits per heavy atom. The lowest BCUT2D eigenvalue weighted by Crippen LogP contribution is -2.44. The summed E-state index contributed by atoms with van der Waals surface area (Å²) in [4.78, 5) is 2.51. The Bertz CT molecular complexity index is 1000. The molecular weight excluding hydrogens is 511 g/mol. The van der Waals surface area contributed by atoms with Crippen LogP contribution in [-0.4, -0.2) is 40.2 Å². The summed E-state index contributed by atoms with van der Waals surface area (Å²) in [6, 6.07) is 18.9. The summed E-state index contributed by atoms with van der Waals surface area (Å²) in [6.45, 7) is 1.91. The van der Waals surface area contributed by atoms with Gasteiger partial charge in [0.15, 0.2) is 0 Å². The lowest BCUT2D eigenvalue weighted by Gasteiger charge is -2.37. The summed E-state index contributed by atoms with van der Waals surface area (Å²) in [5.41, 5.74) is 4.39. The number of rotatable bonds is 5. The number of ether oxygens (including phenoxy) is 1.